The third kappa shape index (κ3) is 6.18. The first kappa shape index (κ1) is 25.3. The maximum Gasteiger partial charge on any atom is 0.328 e. The molecule has 2 aromatic carbocycles. The van der Waals surface area contributed by atoms with Gasteiger partial charge < -0.3 is 14.8 Å². The number of anilines is 2. The minimum Gasteiger partial charge on any atom is -0.495 e. The van der Waals surface area contributed by atoms with Crippen LogP contribution in [0.1, 0.15) is 29.9 Å². The Morgan fingerprint density at radius 3 is 2.63 bits per heavy atom. The lowest BCUT2D eigenvalue weighted by Gasteiger charge is -2.20. The van der Waals surface area contributed by atoms with E-state index in [1.165, 1.54) is 55.4 Å². The maximum absolute atomic E-state index is 12.4. The summed E-state index contributed by atoms with van der Waals surface area (Å²) in [5, 5.41) is 15.4. The number of rotatable bonds is 9. The number of thiazole rings is 1. The van der Waals surface area contributed by atoms with E-state index in [0.29, 0.717) is 22.3 Å². The number of nitro groups is 1. The first-order valence-corrected chi connectivity index (χ1v) is 11.2. The zero-order valence-electron chi connectivity index (χ0n) is 19.1. The number of nitrogens with zero attached hydrogens (tertiary/aromatic N) is 3. The van der Waals surface area contributed by atoms with Crippen molar-refractivity contribution in [1.29, 1.82) is 0 Å². The van der Waals surface area contributed by atoms with Gasteiger partial charge in [0.2, 0.25) is 5.91 Å². The van der Waals surface area contributed by atoms with Gasteiger partial charge in [-0.15, -0.1) is 11.3 Å². The van der Waals surface area contributed by atoms with E-state index in [0.717, 1.165) is 6.07 Å². The van der Waals surface area contributed by atoms with Crippen molar-refractivity contribution in [2.45, 2.75) is 26.5 Å². The standard InChI is InChI=1S/C23H22N4O7S/c1-14(24-21(29)16-7-6-8-18(11-16)27(31)32)22(30)34-12-17-13-35-23(25-17)26(15(2)28)19-9-4-5-10-20(19)33-3/h4-11,13-14H,12H2,1-3H3,(H,24,29). The lowest BCUT2D eigenvalue weighted by Crippen LogP contribution is -2.39. The molecule has 0 saturated carbocycles. The Labute approximate surface area is 204 Å². The summed E-state index contributed by atoms with van der Waals surface area (Å²) in [4.78, 5) is 53.1. The minimum atomic E-state index is -1.01. The number of aromatic nitrogens is 1. The number of nitro benzene ring substituents is 1. The fourth-order valence-electron chi connectivity index (χ4n) is 3.06. The van der Waals surface area contributed by atoms with Crippen molar-refractivity contribution in [3.8, 4) is 5.75 Å². The van der Waals surface area contributed by atoms with Gasteiger partial charge in [-0.2, -0.15) is 0 Å². The van der Waals surface area contributed by atoms with Crippen LogP contribution in [0.3, 0.4) is 0 Å². The van der Waals surface area contributed by atoms with Crippen LogP contribution in [-0.4, -0.2) is 40.8 Å². The summed E-state index contributed by atoms with van der Waals surface area (Å²) in [5.41, 5.74) is 0.748. The smallest absolute Gasteiger partial charge is 0.328 e. The van der Waals surface area contributed by atoms with Gasteiger partial charge in [0, 0.05) is 30.0 Å². The van der Waals surface area contributed by atoms with Crippen LogP contribution in [0, 0.1) is 10.1 Å². The molecule has 3 rings (SSSR count). The number of amides is 2. The number of hydrogen-bond donors (Lipinski definition) is 1. The van der Waals surface area contributed by atoms with E-state index in [1.807, 2.05) is 0 Å². The second-order valence-corrected chi connectivity index (χ2v) is 8.09. The van der Waals surface area contributed by atoms with Crippen molar-refractivity contribution >= 4 is 45.6 Å². The Balaban J connectivity index is 1.63. The second-order valence-electron chi connectivity index (χ2n) is 7.26. The molecule has 0 radical (unpaired) electrons. The highest BCUT2D eigenvalue weighted by Crippen LogP contribution is 2.35. The molecule has 35 heavy (non-hydrogen) atoms. The van der Waals surface area contributed by atoms with Crippen molar-refractivity contribution in [1.82, 2.24) is 10.3 Å². The second kappa shape index (κ2) is 11.2. The van der Waals surface area contributed by atoms with E-state index in [9.17, 15) is 24.5 Å². The van der Waals surface area contributed by atoms with E-state index >= 15 is 0 Å². The van der Waals surface area contributed by atoms with Gasteiger partial charge in [0.15, 0.2) is 5.13 Å². The molecular weight excluding hydrogens is 476 g/mol. The molecule has 0 saturated heterocycles. The van der Waals surface area contributed by atoms with Crippen LogP contribution in [0.5, 0.6) is 5.75 Å². The predicted molar refractivity (Wildman–Crippen MR) is 128 cm³/mol. The number of benzene rings is 2. The van der Waals surface area contributed by atoms with Crippen molar-refractivity contribution in [2.75, 3.05) is 12.0 Å². The molecule has 1 heterocycles. The third-order valence-electron chi connectivity index (χ3n) is 4.75. The Hall–Kier alpha value is -4.32. The molecular formula is C23H22N4O7S. The van der Waals surface area contributed by atoms with Gasteiger partial charge in [0.05, 0.1) is 23.4 Å². The van der Waals surface area contributed by atoms with Crippen molar-refractivity contribution < 1.29 is 28.8 Å². The molecule has 0 aliphatic heterocycles. The molecule has 0 aliphatic carbocycles. The number of carbonyl (C=O) groups is 3. The molecule has 0 spiro atoms. The summed E-state index contributed by atoms with van der Waals surface area (Å²) in [6.07, 6.45) is 0. The molecule has 1 unspecified atom stereocenters. The van der Waals surface area contributed by atoms with E-state index in [-0.39, 0.29) is 23.8 Å². The number of nitrogens with one attached hydrogen (secondary N) is 1. The predicted octanol–water partition coefficient (Wildman–Crippen LogP) is 3.61. The highest BCUT2D eigenvalue weighted by Gasteiger charge is 2.23. The van der Waals surface area contributed by atoms with Gasteiger partial charge in [-0.1, -0.05) is 18.2 Å². The quantitative estimate of drug-likeness (QED) is 0.268. The average molecular weight is 499 g/mol. The molecule has 2 amide bonds. The van der Waals surface area contributed by atoms with Crippen molar-refractivity contribution in [3.63, 3.8) is 0 Å². The molecule has 0 aliphatic rings. The highest BCUT2D eigenvalue weighted by molar-refractivity contribution is 7.14. The Bertz CT molecular complexity index is 1260. The molecule has 11 nitrogen and oxygen atoms in total. The van der Waals surface area contributed by atoms with Crippen LogP contribution in [-0.2, 0) is 20.9 Å². The summed E-state index contributed by atoms with van der Waals surface area (Å²) in [5.74, 6) is -1.14. The number of esters is 1. The number of para-hydroxylation sites is 2. The van der Waals surface area contributed by atoms with E-state index in [1.54, 1.807) is 29.6 Å². The zero-order chi connectivity index (χ0) is 25.5. The summed E-state index contributed by atoms with van der Waals surface area (Å²) in [6, 6.07) is 11.2. The SMILES string of the molecule is COc1ccccc1N(C(C)=O)c1nc(COC(=O)C(C)NC(=O)c2cccc([N+](=O)[O-])c2)cs1. The van der Waals surface area contributed by atoms with Crippen molar-refractivity contribution in [3.05, 3.63) is 75.3 Å². The normalized spacial score (nSPS) is 11.3. The number of ether oxygens (including phenoxy) is 2. The monoisotopic (exact) mass is 498 g/mol. The number of carbonyl (C=O) groups excluding carboxylic acids is 3. The Kier molecular flexibility index (Phi) is 8.10. The number of methoxy groups -OCH3 is 1. The van der Waals surface area contributed by atoms with Crippen LogP contribution in [0.15, 0.2) is 53.9 Å². The molecule has 1 N–H and O–H groups in total. The Morgan fingerprint density at radius 2 is 1.94 bits per heavy atom. The largest absolute Gasteiger partial charge is 0.495 e. The van der Waals surface area contributed by atoms with E-state index < -0.39 is 22.8 Å². The fourth-order valence-corrected chi connectivity index (χ4v) is 3.92. The topological polar surface area (TPSA) is 141 Å². The maximum atomic E-state index is 12.4. The first-order valence-electron chi connectivity index (χ1n) is 10.3. The van der Waals surface area contributed by atoms with Gasteiger partial charge in [0.25, 0.3) is 11.6 Å². The van der Waals surface area contributed by atoms with Crippen LogP contribution in [0.25, 0.3) is 0 Å². The van der Waals surface area contributed by atoms with Gasteiger partial charge in [-0.25, -0.2) is 9.78 Å². The molecule has 182 valence electrons. The highest BCUT2D eigenvalue weighted by atomic mass is 32.1. The van der Waals surface area contributed by atoms with E-state index in [4.69, 9.17) is 9.47 Å². The molecule has 3 aromatic rings. The summed E-state index contributed by atoms with van der Waals surface area (Å²) >= 11 is 1.19. The summed E-state index contributed by atoms with van der Waals surface area (Å²) in [6.45, 7) is 2.66. The van der Waals surface area contributed by atoms with Gasteiger partial charge in [-0.05, 0) is 25.1 Å². The lowest BCUT2D eigenvalue weighted by molar-refractivity contribution is -0.384. The minimum absolute atomic E-state index is 0.0451. The molecule has 12 heteroatoms. The van der Waals surface area contributed by atoms with Gasteiger partial charge in [0.1, 0.15) is 18.4 Å². The fraction of sp³-hybridized carbons (Fsp3) is 0.217. The molecule has 1 aromatic heterocycles. The summed E-state index contributed by atoms with van der Waals surface area (Å²) < 4.78 is 10.6. The van der Waals surface area contributed by atoms with Crippen LogP contribution in [0.4, 0.5) is 16.5 Å². The first-order chi connectivity index (χ1) is 16.7. The van der Waals surface area contributed by atoms with E-state index in [2.05, 4.69) is 10.3 Å². The van der Waals surface area contributed by atoms with Gasteiger partial charge >= 0.3 is 5.97 Å². The Morgan fingerprint density at radius 1 is 1.20 bits per heavy atom. The molecule has 0 fully saturated rings. The van der Waals surface area contributed by atoms with Gasteiger partial charge in [-0.3, -0.25) is 24.6 Å². The number of hydrogen-bond acceptors (Lipinski definition) is 9. The number of non-ortho nitro benzene ring substituents is 1. The third-order valence-corrected chi connectivity index (χ3v) is 5.63. The molecule has 1 atom stereocenters. The lowest BCUT2D eigenvalue weighted by atomic mass is 10.2. The van der Waals surface area contributed by atoms with Crippen LogP contribution < -0.4 is 15.0 Å². The molecule has 0 bridgehead atoms. The van der Waals surface area contributed by atoms with Crippen molar-refractivity contribution in [2.24, 2.45) is 0 Å². The summed E-state index contributed by atoms with van der Waals surface area (Å²) in [7, 11) is 1.50. The van der Waals surface area contributed by atoms with Crippen LogP contribution >= 0.6 is 11.3 Å². The average Bonchev–Trinajstić information content (AvgIpc) is 3.31. The zero-order valence-corrected chi connectivity index (χ0v) is 19.9. The van der Waals surface area contributed by atoms with Crippen LogP contribution in [0.2, 0.25) is 0 Å².